The summed E-state index contributed by atoms with van der Waals surface area (Å²) in [5, 5.41) is 1.11. The Labute approximate surface area is 141 Å². The number of hydroxylamine groups is 1. The van der Waals surface area contributed by atoms with E-state index in [-0.39, 0.29) is 0 Å². The summed E-state index contributed by atoms with van der Waals surface area (Å²) in [6.07, 6.45) is 2.90. The van der Waals surface area contributed by atoms with Gasteiger partial charge in [-0.15, -0.1) is 0 Å². The number of fused-ring (bicyclic) bond motifs is 4. The second kappa shape index (κ2) is 5.07. The molecule has 5 nitrogen and oxygen atoms in total. The third-order valence-electron chi connectivity index (χ3n) is 5.89. The Morgan fingerprint density at radius 2 is 2.12 bits per heavy atom. The van der Waals surface area contributed by atoms with Gasteiger partial charge in [0.05, 0.1) is 6.26 Å². The molecule has 2 fully saturated rings. The third kappa shape index (κ3) is 2.04. The van der Waals surface area contributed by atoms with Crippen molar-refractivity contribution in [3.8, 4) is 0 Å². The SMILES string of the molecule is CC1CC2CN(C1)CC(C)C21N=C(c2ccc3ccoc3c2)NO1. The van der Waals surface area contributed by atoms with Crippen molar-refractivity contribution >= 4 is 16.8 Å². The maximum absolute atomic E-state index is 6.18. The first-order valence-corrected chi connectivity index (χ1v) is 8.88. The second-order valence-corrected chi connectivity index (χ2v) is 7.75. The van der Waals surface area contributed by atoms with Gasteiger partial charge in [0.25, 0.3) is 0 Å². The summed E-state index contributed by atoms with van der Waals surface area (Å²) < 4.78 is 5.53. The zero-order valence-electron chi connectivity index (χ0n) is 14.2. The lowest BCUT2D eigenvalue weighted by Crippen LogP contribution is -2.60. The minimum Gasteiger partial charge on any atom is -0.464 e. The van der Waals surface area contributed by atoms with Gasteiger partial charge in [0.15, 0.2) is 11.6 Å². The second-order valence-electron chi connectivity index (χ2n) is 7.75. The van der Waals surface area contributed by atoms with Gasteiger partial charge in [-0.25, -0.2) is 15.3 Å². The van der Waals surface area contributed by atoms with Gasteiger partial charge in [-0.2, -0.15) is 0 Å². The minimum atomic E-state index is -0.432. The van der Waals surface area contributed by atoms with E-state index in [1.54, 1.807) is 6.26 Å². The highest BCUT2D eigenvalue weighted by Gasteiger charge is 2.54. The number of rotatable bonds is 1. The molecule has 126 valence electrons. The van der Waals surface area contributed by atoms with Crippen molar-refractivity contribution in [2.45, 2.75) is 26.0 Å². The summed E-state index contributed by atoms with van der Waals surface area (Å²) in [4.78, 5) is 13.8. The molecular weight excluding hydrogens is 302 g/mol. The van der Waals surface area contributed by atoms with Crippen LogP contribution in [0.2, 0.25) is 0 Å². The van der Waals surface area contributed by atoms with Crippen LogP contribution in [0.3, 0.4) is 0 Å². The molecule has 4 heterocycles. The number of hydrogen-bond donors (Lipinski definition) is 1. The first kappa shape index (κ1) is 14.5. The van der Waals surface area contributed by atoms with Crippen molar-refractivity contribution in [3.63, 3.8) is 0 Å². The summed E-state index contributed by atoms with van der Waals surface area (Å²) in [5.41, 5.74) is 4.60. The van der Waals surface area contributed by atoms with Crippen molar-refractivity contribution in [1.82, 2.24) is 10.4 Å². The quantitative estimate of drug-likeness (QED) is 0.876. The molecule has 24 heavy (non-hydrogen) atoms. The molecule has 3 aliphatic rings. The van der Waals surface area contributed by atoms with Gasteiger partial charge in [0, 0.05) is 42.4 Å². The lowest BCUT2D eigenvalue weighted by atomic mass is 9.74. The number of aliphatic imine (C=N–C) groups is 1. The van der Waals surface area contributed by atoms with E-state index < -0.39 is 5.72 Å². The Bertz CT molecular complexity index is 810. The van der Waals surface area contributed by atoms with Crippen LogP contribution in [-0.4, -0.2) is 36.1 Å². The van der Waals surface area contributed by atoms with Crippen molar-refractivity contribution in [2.24, 2.45) is 22.7 Å². The van der Waals surface area contributed by atoms with Crippen LogP contribution in [0.15, 0.2) is 39.9 Å². The summed E-state index contributed by atoms with van der Waals surface area (Å²) >= 11 is 0. The molecule has 0 saturated carbocycles. The van der Waals surface area contributed by atoms with E-state index in [4.69, 9.17) is 14.2 Å². The molecule has 5 unspecified atom stereocenters. The van der Waals surface area contributed by atoms with E-state index in [1.807, 2.05) is 12.1 Å². The van der Waals surface area contributed by atoms with Crippen LogP contribution in [0.1, 0.15) is 25.8 Å². The lowest BCUT2D eigenvalue weighted by molar-refractivity contribution is -0.175. The monoisotopic (exact) mass is 325 g/mol. The summed E-state index contributed by atoms with van der Waals surface area (Å²) in [6, 6.07) is 8.16. The van der Waals surface area contributed by atoms with Crippen molar-refractivity contribution in [1.29, 1.82) is 0 Å². The molecule has 1 N–H and O–H groups in total. The minimum absolute atomic E-state index is 0.376. The van der Waals surface area contributed by atoms with Crippen molar-refractivity contribution in [2.75, 3.05) is 19.6 Å². The summed E-state index contributed by atoms with van der Waals surface area (Å²) in [7, 11) is 0. The maximum atomic E-state index is 6.18. The van der Waals surface area contributed by atoms with Gasteiger partial charge >= 0.3 is 0 Å². The van der Waals surface area contributed by atoms with E-state index in [9.17, 15) is 0 Å². The van der Waals surface area contributed by atoms with Gasteiger partial charge < -0.3 is 9.32 Å². The first-order valence-electron chi connectivity index (χ1n) is 8.88. The van der Waals surface area contributed by atoms with Gasteiger partial charge in [0.1, 0.15) is 5.58 Å². The molecule has 0 amide bonds. The summed E-state index contributed by atoms with van der Waals surface area (Å²) in [5.74, 6) is 2.35. The van der Waals surface area contributed by atoms with E-state index in [1.165, 1.54) is 13.0 Å². The highest BCUT2D eigenvalue weighted by atomic mass is 16.7. The highest BCUT2D eigenvalue weighted by molar-refractivity contribution is 6.01. The number of hydrogen-bond acceptors (Lipinski definition) is 5. The Balaban J connectivity index is 1.53. The lowest BCUT2D eigenvalue weighted by Gasteiger charge is -2.51. The number of benzene rings is 1. The van der Waals surface area contributed by atoms with Crippen LogP contribution >= 0.6 is 0 Å². The van der Waals surface area contributed by atoms with Crippen LogP contribution in [0.5, 0.6) is 0 Å². The third-order valence-corrected chi connectivity index (χ3v) is 5.89. The standard InChI is InChI=1S/C19H23N3O2/c1-12-7-16-11-22(9-12)10-13(2)19(16)20-18(21-24-19)15-4-3-14-5-6-23-17(14)8-15/h3-6,8,12-13,16H,7,9-11H2,1-2H3,(H,20,21). The van der Waals surface area contributed by atoms with Crippen LogP contribution in [0.25, 0.3) is 11.0 Å². The van der Waals surface area contributed by atoms with Gasteiger partial charge in [-0.3, -0.25) is 0 Å². The van der Waals surface area contributed by atoms with Crippen molar-refractivity contribution < 1.29 is 9.25 Å². The molecule has 2 bridgehead atoms. The Morgan fingerprint density at radius 3 is 3.04 bits per heavy atom. The van der Waals surface area contributed by atoms with Gasteiger partial charge in [-0.05, 0) is 24.5 Å². The van der Waals surface area contributed by atoms with Crippen molar-refractivity contribution in [3.05, 3.63) is 36.1 Å². The zero-order valence-corrected chi connectivity index (χ0v) is 14.2. The number of nitrogens with zero attached hydrogens (tertiary/aromatic N) is 2. The molecule has 3 aliphatic heterocycles. The largest absolute Gasteiger partial charge is 0.464 e. The van der Waals surface area contributed by atoms with E-state index in [0.717, 1.165) is 35.5 Å². The zero-order chi connectivity index (χ0) is 16.3. The Morgan fingerprint density at radius 1 is 1.21 bits per heavy atom. The number of amidine groups is 1. The average molecular weight is 325 g/mol. The molecule has 1 aromatic heterocycles. The predicted molar refractivity (Wildman–Crippen MR) is 92.6 cm³/mol. The number of nitrogens with one attached hydrogen (secondary N) is 1. The van der Waals surface area contributed by atoms with Crippen LogP contribution in [0, 0.1) is 17.8 Å². The molecule has 5 rings (SSSR count). The number of piperidine rings is 2. The first-order chi connectivity index (χ1) is 11.6. The smallest absolute Gasteiger partial charge is 0.195 e. The van der Waals surface area contributed by atoms with E-state index in [2.05, 4.69) is 36.4 Å². The average Bonchev–Trinajstić information content (AvgIpc) is 3.20. The normalized spacial score (nSPS) is 38.3. The maximum Gasteiger partial charge on any atom is 0.195 e. The molecule has 5 heteroatoms. The predicted octanol–water partition coefficient (Wildman–Crippen LogP) is 3.02. The Hall–Kier alpha value is -1.85. The van der Waals surface area contributed by atoms with Gasteiger partial charge in [0.2, 0.25) is 0 Å². The van der Waals surface area contributed by atoms with E-state index >= 15 is 0 Å². The molecule has 0 radical (unpaired) electrons. The molecule has 2 saturated heterocycles. The molecule has 1 spiro atoms. The van der Waals surface area contributed by atoms with E-state index in [0.29, 0.717) is 17.8 Å². The Kier molecular flexibility index (Phi) is 3.06. The van der Waals surface area contributed by atoms with Crippen LogP contribution in [0.4, 0.5) is 0 Å². The van der Waals surface area contributed by atoms with Crippen LogP contribution < -0.4 is 5.48 Å². The molecule has 0 aliphatic carbocycles. The topological polar surface area (TPSA) is 50.0 Å². The number of furan rings is 1. The molecule has 2 aromatic rings. The fourth-order valence-electron chi connectivity index (χ4n) is 4.79. The van der Waals surface area contributed by atoms with Crippen LogP contribution in [-0.2, 0) is 4.84 Å². The molecule has 1 aromatic carbocycles. The van der Waals surface area contributed by atoms with Gasteiger partial charge in [-0.1, -0.05) is 26.0 Å². The molecular formula is C19H23N3O2. The fourth-order valence-corrected chi connectivity index (χ4v) is 4.79. The molecule has 5 atom stereocenters. The fraction of sp³-hybridized carbons (Fsp3) is 0.526. The highest BCUT2D eigenvalue weighted by Crippen LogP contribution is 2.45. The summed E-state index contributed by atoms with van der Waals surface area (Å²) in [6.45, 7) is 7.94.